The number of methoxy groups -OCH3 is 1. The van der Waals surface area contributed by atoms with Gasteiger partial charge in [0.05, 0.1) is 12.7 Å². The van der Waals surface area contributed by atoms with Crippen molar-refractivity contribution >= 4 is 11.6 Å². The first-order valence-corrected chi connectivity index (χ1v) is 5.32. The highest BCUT2D eigenvalue weighted by atomic mass is 35.5. The number of halogens is 1. The maximum Gasteiger partial charge on any atom is 0.136 e. The number of hydrogen-bond acceptors (Lipinski definition) is 3. The molecular weight excluding hydrogens is 236 g/mol. The van der Waals surface area contributed by atoms with Crippen LogP contribution in [0.25, 0.3) is 11.1 Å². The van der Waals surface area contributed by atoms with E-state index in [2.05, 4.69) is 4.98 Å². The molecular formula is C13H9ClN2O. The first kappa shape index (κ1) is 11.4. The Hall–Kier alpha value is -2.05. The Labute approximate surface area is 104 Å². The van der Waals surface area contributed by atoms with Crippen LogP contribution in [0.15, 0.2) is 36.5 Å². The third-order valence-corrected chi connectivity index (χ3v) is 2.67. The average Bonchev–Trinajstić information content (AvgIpc) is 2.39. The van der Waals surface area contributed by atoms with Crippen LogP contribution < -0.4 is 4.74 Å². The maximum absolute atomic E-state index is 8.83. The van der Waals surface area contributed by atoms with Gasteiger partial charge in [-0.1, -0.05) is 23.7 Å². The van der Waals surface area contributed by atoms with Crippen molar-refractivity contribution in [2.75, 3.05) is 7.11 Å². The lowest BCUT2D eigenvalue weighted by molar-refractivity contribution is 0.415. The van der Waals surface area contributed by atoms with Crippen LogP contribution in [0, 0.1) is 11.3 Å². The average molecular weight is 245 g/mol. The number of ether oxygens (including phenoxy) is 1. The van der Waals surface area contributed by atoms with Crippen molar-refractivity contribution in [1.29, 1.82) is 5.26 Å². The molecule has 0 aliphatic carbocycles. The molecule has 1 aromatic carbocycles. The summed E-state index contributed by atoms with van der Waals surface area (Å²) >= 11 is 6.01. The molecule has 0 amide bonds. The zero-order valence-corrected chi connectivity index (χ0v) is 9.90. The highest BCUT2D eigenvalue weighted by Crippen LogP contribution is 2.28. The minimum absolute atomic E-state index is 0.383. The number of benzene rings is 1. The van der Waals surface area contributed by atoms with Gasteiger partial charge in [0, 0.05) is 11.8 Å². The van der Waals surface area contributed by atoms with Crippen LogP contribution in [0.2, 0.25) is 5.15 Å². The Kier molecular flexibility index (Phi) is 3.27. The fourth-order valence-corrected chi connectivity index (χ4v) is 1.69. The Morgan fingerprint density at radius 1 is 1.29 bits per heavy atom. The van der Waals surface area contributed by atoms with E-state index < -0.39 is 0 Å². The van der Waals surface area contributed by atoms with E-state index in [-0.39, 0.29) is 0 Å². The van der Waals surface area contributed by atoms with Crippen LogP contribution in [0.1, 0.15) is 5.56 Å². The van der Waals surface area contributed by atoms with Gasteiger partial charge in [0.15, 0.2) is 0 Å². The molecule has 0 N–H and O–H groups in total. The minimum Gasteiger partial charge on any atom is -0.497 e. The van der Waals surface area contributed by atoms with Gasteiger partial charge in [0.2, 0.25) is 0 Å². The summed E-state index contributed by atoms with van der Waals surface area (Å²) in [6.07, 6.45) is 1.45. The molecule has 0 saturated carbocycles. The largest absolute Gasteiger partial charge is 0.497 e. The second-order valence-corrected chi connectivity index (χ2v) is 3.76. The standard InChI is InChI=1S/C13H9ClN2O/c1-17-11-4-2-10(3-5-11)12-6-9(7-15)8-16-13(12)14/h2-6,8H,1H3. The van der Waals surface area contributed by atoms with Crippen LogP contribution in [0.4, 0.5) is 0 Å². The highest BCUT2D eigenvalue weighted by molar-refractivity contribution is 6.32. The molecule has 17 heavy (non-hydrogen) atoms. The van der Waals surface area contributed by atoms with Crippen molar-refractivity contribution in [1.82, 2.24) is 4.98 Å². The summed E-state index contributed by atoms with van der Waals surface area (Å²) < 4.78 is 5.08. The monoisotopic (exact) mass is 244 g/mol. The fourth-order valence-electron chi connectivity index (χ4n) is 1.48. The summed E-state index contributed by atoms with van der Waals surface area (Å²) in [6.45, 7) is 0. The molecule has 0 unspecified atom stereocenters. The van der Waals surface area contributed by atoms with Gasteiger partial charge < -0.3 is 4.74 Å². The number of nitrogens with zero attached hydrogens (tertiary/aromatic N) is 2. The van der Waals surface area contributed by atoms with E-state index in [0.29, 0.717) is 10.7 Å². The Bertz CT molecular complexity index is 573. The molecule has 0 saturated heterocycles. The van der Waals surface area contributed by atoms with Crippen molar-refractivity contribution in [3.63, 3.8) is 0 Å². The van der Waals surface area contributed by atoms with E-state index >= 15 is 0 Å². The smallest absolute Gasteiger partial charge is 0.136 e. The molecule has 1 heterocycles. The van der Waals surface area contributed by atoms with Gasteiger partial charge in [-0.15, -0.1) is 0 Å². The SMILES string of the molecule is COc1ccc(-c2cc(C#N)cnc2Cl)cc1. The van der Waals surface area contributed by atoms with Gasteiger partial charge in [0.25, 0.3) is 0 Å². The van der Waals surface area contributed by atoms with E-state index in [1.54, 1.807) is 13.2 Å². The minimum atomic E-state index is 0.383. The molecule has 2 aromatic rings. The molecule has 0 aliphatic rings. The number of pyridine rings is 1. The number of aromatic nitrogens is 1. The van der Waals surface area contributed by atoms with Gasteiger partial charge in [-0.3, -0.25) is 0 Å². The first-order valence-electron chi connectivity index (χ1n) is 4.94. The summed E-state index contributed by atoms with van der Waals surface area (Å²) in [5.41, 5.74) is 2.13. The molecule has 3 nitrogen and oxygen atoms in total. The highest BCUT2D eigenvalue weighted by Gasteiger charge is 2.06. The Morgan fingerprint density at radius 3 is 2.59 bits per heavy atom. The van der Waals surface area contributed by atoms with Gasteiger partial charge in [-0.05, 0) is 23.8 Å². The van der Waals surface area contributed by atoms with Crippen LogP contribution in [0.5, 0.6) is 5.75 Å². The van der Waals surface area contributed by atoms with Crippen LogP contribution >= 0.6 is 11.6 Å². The van der Waals surface area contributed by atoms with Crippen molar-refractivity contribution in [2.24, 2.45) is 0 Å². The predicted molar refractivity (Wildman–Crippen MR) is 66.0 cm³/mol. The summed E-state index contributed by atoms with van der Waals surface area (Å²) in [5, 5.41) is 9.21. The van der Waals surface area contributed by atoms with Crippen LogP contribution in [-0.2, 0) is 0 Å². The zero-order valence-electron chi connectivity index (χ0n) is 9.14. The molecule has 0 bridgehead atoms. The second kappa shape index (κ2) is 4.86. The van der Waals surface area contributed by atoms with Gasteiger partial charge in [-0.2, -0.15) is 5.26 Å². The Balaban J connectivity index is 2.48. The molecule has 0 fully saturated rings. The van der Waals surface area contributed by atoms with E-state index in [0.717, 1.165) is 16.9 Å². The Morgan fingerprint density at radius 2 is 2.00 bits per heavy atom. The zero-order chi connectivity index (χ0) is 12.3. The molecule has 1 aromatic heterocycles. The van der Waals surface area contributed by atoms with E-state index in [4.69, 9.17) is 21.6 Å². The fraction of sp³-hybridized carbons (Fsp3) is 0.0769. The van der Waals surface area contributed by atoms with Crippen LogP contribution in [-0.4, -0.2) is 12.1 Å². The molecule has 4 heteroatoms. The predicted octanol–water partition coefficient (Wildman–Crippen LogP) is 3.28. The van der Waals surface area contributed by atoms with Crippen molar-refractivity contribution in [2.45, 2.75) is 0 Å². The van der Waals surface area contributed by atoms with E-state index in [9.17, 15) is 0 Å². The number of nitriles is 1. The maximum atomic E-state index is 8.83. The van der Waals surface area contributed by atoms with E-state index in [1.807, 2.05) is 30.3 Å². The molecule has 0 aliphatic heterocycles. The van der Waals surface area contributed by atoms with Gasteiger partial charge >= 0.3 is 0 Å². The van der Waals surface area contributed by atoms with Gasteiger partial charge in [-0.25, -0.2) is 4.98 Å². The van der Waals surface area contributed by atoms with Gasteiger partial charge in [0.1, 0.15) is 17.0 Å². The third kappa shape index (κ3) is 2.38. The van der Waals surface area contributed by atoms with Crippen molar-refractivity contribution in [3.05, 3.63) is 47.2 Å². The van der Waals surface area contributed by atoms with Crippen molar-refractivity contribution < 1.29 is 4.74 Å². The summed E-state index contributed by atoms with van der Waals surface area (Å²) in [5.74, 6) is 0.772. The molecule has 84 valence electrons. The van der Waals surface area contributed by atoms with E-state index in [1.165, 1.54) is 6.20 Å². The lowest BCUT2D eigenvalue weighted by Gasteiger charge is -2.05. The number of rotatable bonds is 2. The van der Waals surface area contributed by atoms with Crippen molar-refractivity contribution in [3.8, 4) is 22.9 Å². The summed E-state index contributed by atoms with van der Waals surface area (Å²) in [7, 11) is 1.61. The summed E-state index contributed by atoms with van der Waals surface area (Å²) in [6, 6.07) is 11.2. The molecule has 2 rings (SSSR count). The molecule has 0 atom stereocenters. The lowest BCUT2D eigenvalue weighted by Crippen LogP contribution is -1.87. The van der Waals surface area contributed by atoms with Crippen LogP contribution in [0.3, 0.4) is 0 Å². The second-order valence-electron chi connectivity index (χ2n) is 3.40. The molecule has 0 radical (unpaired) electrons. The number of hydrogen-bond donors (Lipinski definition) is 0. The first-order chi connectivity index (χ1) is 8.24. The quantitative estimate of drug-likeness (QED) is 0.762. The molecule has 0 spiro atoms. The topological polar surface area (TPSA) is 45.9 Å². The third-order valence-electron chi connectivity index (χ3n) is 2.37. The lowest BCUT2D eigenvalue weighted by atomic mass is 10.1. The normalized spacial score (nSPS) is 9.71. The summed E-state index contributed by atoms with van der Waals surface area (Å²) in [4.78, 5) is 3.98.